The molecule has 4 heteroatoms. The number of benzene rings is 1. The topological polar surface area (TPSA) is 58.5 Å². The van der Waals surface area contributed by atoms with Crippen LogP contribution in [0.25, 0.3) is 21.9 Å². The molecule has 1 atom stereocenters. The highest BCUT2D eigenvalue weighted by atomic mass is 16.4. The molecule has 1 unspecified atom stereocenters. The fraction of sp³-hybridized carbons (Fsp3) is 0.231. The first-order valence-corrected chi connectivity index (χ1v) is 5.51. The molecule has 88 valence electrons. The van der Waals surface area contributed by atoms with Gasteiger partial charge in [0.25, 0.3) is 0 Å². The molecule has 2 N–H and O–H groups in total. The molecule has 3 aromatic rings. The van der Waals surface area contributed by atoms with E-state index >= 15 is 0 Å². The molecule has 0 amide bonds. The third-order valence-corrected chi connectivity index (χ3v) is 2.95. The Morgan fingerprint density at radius 3 is 2.82 bits per heavy atom. The lowest BCUT2D eigenvalue weighted by molar-refractivity contribution is 0.179. The van der Waals surface area contributed by atoms with E-state index < -0.39 is 6.10 Å². The van der Waals surface area contributed by atoms with E-state index in [2.05, 4.69) is 5.32 Å². The summed E-state index contributed by atoms with van der Waals surface area (Å²) in [5.74, 6) is 0. The number of hydrogen-bond donors (Lipinski definition) is 2. The quantitative estimate of drug-likeness (QED) is 0.726. The van der Waals surface area contributed by atoms with Gasteiger partial charge in [0, 0.05) is 17.3 Å². The molecule has 0 aliphatic rings. The Kier molecular flexibility index (Phi) is 2.39. The van der Waals surface area contributed by atoms with Crippen molar-refractivity contribution < 1.29 is 13.9 Å². The van der Waals surface area contributed by atoms with Gasteiger partial charge in [-0.05, 0) is 30.8 Å². The molecule has 4 nitrogen and oxygen atoms in total. The van der Waals surface area contributed by atoms with Crippen LogP contribution in [0.4, 0.5) is 0 Å². The Labute approximate surface area is 97.8 Å². The predicted molar refractivity (Wildman–Crippen MR) is 64.9 cm³/mol. The Morgan fingerprint density at radius 1 is 1.24 bits per heavy atom. The van der Waals surface area contributed by atoms with Crippen molar-refractivity contribution >= 4 is 21.9 Å². The molecule has 0 fully saturated rings. The summed E-state index contributed by atoms with van der Waals surface area (Å²) in [7, 11) is 1.81. The fourth-order valence-corrected chi connectivity index (χ4v) is 2.15. The van der Waals surface area contributed by atoms with Gasteiger partial charge in [-0.25, -0.2) is 0 Å². The van der Waals surface area contributed by atoms with E-state index in [1.807, 2.05) is 25.2 Å². The van der Waals surface area contributed by atoms with Crippen LogP contribution in [0.15, 0.2) is 39.6 Å². The van der Waals surface area contributed by atoms with Gasteiger partial charge in [-0.15, -0.1) is 0 Å². The van der Waals surface area contributed by atoms with Crippen molar-refractivity contribution in [2.45, 2.75) is 6.10 Å². The lowest BCUT2D eigenvalue weighted by atomic mass is 10.0. The largest absolute Gasteiger partial charge is 0.460 e. The normalized spacial score (nSPS) is 13.5. The smallest absolute Gasteiger partial charge is 0.177 e. The van der Waals surface area contributed by atoms with Crippen LogP contribution < -0.4 is 5.32 Å². The van der Waals surface area contributed by atoms with E-state index in [1.165, 1.54) is 0 Å². The van der Waals surface area contributed by atoms with Gasteiger partial charge in [-0.2, -0.15) is 0 Å². The van der Waals surface area contributed by atoms with Gasteiger partial charge < -0.3 is 19.3 Å². The Bertz CT molecular complexity index is 653. The summed E-state index contributed by atoms with van der Waals surface area (Å²) in [6.45, 7) is 0.504. The predicted octanol–water partition coefficient (Wildman–Crippen LogP) is 2.43. The van der Waals surface area contributed by atoms with E-state index in [-0.39, 0.29) is 0 Å². The average molecular weight is 231 g/mol. The molecule has 3 rings (SSSR count). The van der Waals surface area contributed by atoms with Gasteiger partial charge in [0.05, 0.1) is 18.6 Å². The van der Waals surface area contributed by atoms with Gasteiger partial charge in [-0.3, -0.25) is 0 Å². The van der Waals surface area contributed by atoms with Crippen LogP contribution in [-0.4, -0.2) is 18.7 Å². The first-order chi connectivity index (χ1) is 8.31. The van der Waals surface area contributed by atoms with Crippen molar-refractivity contribution in [3.63, 3.8) is 0 Å². The maximum atomic E-state index is 10.1. The monoisotopic (exact) mass is 231 g/mol. The van der Waals surface area contributed by atoms with Crippen molar-refractivity contribution in [3.05, 3.63) is 36.3 Å². The number of fused-ring (bicyclic) bond motifs is 3. The number of furan rings is 2. The van der Waals surface area contributed by atoms with Gasteiger partial charge >= 0.3 is 0 Å². The molecule has 0 aliphatic carbocycles. The molecular weight excluding hydrogens is 218 g/mol. The minimum absolute atomic E-state index is 0.504. The number of aliphatic hydroxyl groups is 1. The lowest BCUT2D eigenvalue weighted by Gasteiger charge is -2.11. The molecule has 0 bridgehead atoms. The van der Waals surface area contributed by atoms with Gasteiger partial charge in [-0.1, -0.05) is 0 Å². The van der Waals surface area contributed by atoms with Crippen molar-refractivity contribution in [2.75, 3.05) is 13.6 Å². The number of nitrogens with one attached hydrogen (secondary N) is 1. The molecule has 2 heterocycles. The van der Waals surface area contributed by atoms with Crippen molar-refractivity contribution in [2.24, 2.45) is 0 Å². The summed E-state index contributed by atoms with van der Waals surface area (Å²) < 4.78 is 10.8. The zero-order chi connectivity index (χ0) is 11.8. The summed E-state index contributed by atoms with van der Waals surface area (Å²) in [5.41, 5.74) is 2.28. The fourth-order valence-electron chi connectivity index (χ4n) is 2.15. The Morgan fingerprint density at radius 2 is 2.00 bits per heavy atom. The highest BCUT2D eigenvalue weighted by Gasteiger charge is 2.16. The molecular formula is C13H13NO3. The standard InChI is InChI=1S/C13H13NO3/c1-14-7-11(15)10-6-8-2-4-16-12(8)13-9(10)3-5-17-13/h2-6,11,14-15H,7H2,1H3. The van der Waals surface area contributed by atoms with Gasteiger partial charge in [0.1, 0.15) is 0 Å². The minimum atomic E-state index is -0.556. The third kappa shape index (κ3) is 1.53. The van der Waals surface area contributed by atoms with E-state index in [1.54, 1.807) is 12.5 Å². The summed E-state index contributed by atoms with van der Waals surface area (Å²) >= 11 is 0. The van der Waals surface area contributed by atoms with Crippen LogP contribution in [0.2, 0.25) is 0 Å². The van der Waals surface area contributed by atoms with Crippen molar-refractivity contribution in [3.8, 4) is 0 Å². The second-order valence-corrected chi connectivity index (χ2v) is 4.04. The zero-order valence-electron chi connectivity index (χ0n) is 9.43. The summed E-state index contributed by atoms with van der Waals surface area (Å²) in [4.78, 5) is 0. The molecule has 0 radical (unpaired) electrons. The number of rotatable bonds is 3. The molecule has 1 aromatic carbocycles. The Balaban J connectivity index is 2.29. The second kappa shape index (κ2) is 3.91. The summed E-state index contributed by atoms with van der Waals surface area (Å²) in [5, 5.41) is 14.9. The molecule has 0 spiro atoms. The average Bonchev–Trinajstić information content (AvgIpc) is 2.95. The molecule has 0 saturated heterocycles. The lowest BCUT2D eigenvalue weighted by Crippen LogP contribution is -2.16. The van der Waals surface area contributed by atoms with Gasteiger partial charge in [0.15, 0.2) is 11.2 Å². The van der Waals surface area contributed by atoms with E-state index in [9.17, 15) is 5.11 Å². The zero-order valence-corrected chi connectivity index (χ0v) is 9.43. The molecule has 0 aliphatic heterocycles. The number of likely N-dealkylation sites (N-methyl/N-ethyl adjacent to an activating group) is 1. The van der Waals surface area contributed by atoms with E-state index in [0.29, 0.717) is 12.1 Å². The van der Waals surface area contributed by atoms with Crippen molar-refractivity contribution in [1.82, 2.24) is 5.32 Å². The van der Waals surface area contributed by atoms with Crippen LogP contribution in [0, 0.1) is 0 Å². The van der Waals surface area contributed by atoms with Crippen LogP contribution in [0.1, 0.15) is 11.7 Å². The third-order valence-electron chi connectivity index (χ3n) is 2.95. The number of hydrogen-bond acceptors (Lipinski definition) is 4. The van der Waals surface area contributed by atoms with Crippen LogP contribution >= 0.6 is 0 Å². The number of aliphatic hydroxyl groups excluding tert-OH is 1. The minimum Gasteiger partial charge on any atom is -0.460 e. The van der Waals surface area contributed by atoms with Crippen molar-refractivity contribution in [1.29, 1.82) is 0 Å². The summed E-state index contributed by atoms with van der Waals surface area (Å²) in [6, 6.07) is 5.66. The molecule has 0 saturated carbocycles. The Hall–Kier alpha value is -1.78. The SMILES string of the molecule is CNCC(O)c1cc2ccoc2c2occc12. The van der Waals surface area contributed by atoms with E-state index in [0.717, 1.165) is 21.9 Å². The van der Waals surface area contributed by atoms with Gasteiger partial charge in [0.2, 0.25) is 0 Å². The highest BCUT2D eigenvalue weighted by molar-refractivity contribution is 6.02. The molecule has 17 heavy (non-hydrogen) atoms. The second-order valence-electron chi connectivity index (χ2n) is 4.04. The molecule has 2 aromatic heterocycles. The van der Waals surface area contributed by atoms with Crippen LogP contribution in [-0.2, 0) is 0 Å². The maximum absolute atomic E-state index is 10.1. The first-order valence-electron chi connectivity index (χ1n) is 5.51. The van der Waals surface area contributed by atoms with Crippen LogP contribution in [0.3, 0.4) is 0 Å². The first kappa shape index (κ1) is 10.4. The highest BCUT2D eigenvalue weighted by Crippen LogP contribution is 2.33. The summed E-state index contributed by atoms with van der Waals surface area (Å²) in [6.07, 6.45) is 2.68. The maximum Gasteiger partial charge on any atom is 0.177 e. The van der Waals surface area contributed by atoms with Crippen LogP contribution in [0.5, 0.6) is 0 Å². The van der Waals surface area contributed by atoms with E-state index in [4.69, 9.17) is 8.83 Å².